The van der Waals surface area contributed by atoms with Crippen LogP contribution in [0.15, 0.2) is 267 Å². The number of rotatable bonds is 7. The summed E-state index contributed by atoms with van der Waals surface area (Å²) >= 11 is 0. The van der Waals surface area contributed by atoms with Gasteiger partial charge in [0.15, 0.2) is 0 Å². The van der Waals surface area contributed by atoms with Crippen LogP contribution < -0.4 is 0 Å². The van der Waals surface area contributed by atoms with Gasteiger partial charge in [0.1, 0.15) is 0 Å². The van der Waals surface area contributed by atoms with E-state index in [0.29, 0.717) is 0 Å². The van der Waals surface area contributed by atoms with Gasteiger partial charge >= 0.3 is 0 Å². The van der Waals surface area contributed by atoms with Crippen molar-refractivity contribution in [2.24, 2.45) is 5.41 Å². The Hall–Kier alpha value is -8.58. The first-order chi connectivity index (χ1) is 36.7. The molecule has 15 rings (SSSR count). The lowest BCUT2D eigenvalue weighted by molar-refractivity contribution is 0.0253. The van der Waals surface area contributed by atoms with Crippen molar-refractivity contribution in [1.82, 2.24) is 0 Å². The molecule has 1 unspecified atom stereocenters. The van der Waals surface area contributed by atoms with E-state index < -0.39 is 27.1 Å². The van der Waals surface area contributed by atoms with Crippen molar-refractivity contribution in [2.75, 3.05) is 0 Å². The van der Waals surface area contributed by atoms with Crippen molar-refractivity contribution in [1.29, 1.82) is 0 Å². The van der Waals surface area contributed by atoms with E-state index in [1.165, 1.54) is 122 Å². The van der Waals surface area contributed by atoms with Crippen molar-refractivity contribution in [2.45, 2.75) is 49.4 Å². The van der Waals surface area contributed by atoms with Crippen molar-refractivity contribution < 1.29 is 0 Å². The van der Waals surface area contributed by atoms with Crippen LogP contribution in [-0.4, -0.2) is 0 Å². The third-order valence-electron chi connectivity index (χ3n) is 19.4. The van der Waals surface area contributed by atoms with Crippen molar-refractivity contribution in [3.8, 4) is 77.9 Å². The van der Waals surface area contributed by atoms with E-state index in [0.717, 1.165) is 0 Å². The summed E-state index contributed by atoms with van der Waals surface area (Å²) in [5.41, 5.74) is 26.4. The molecule has 4 aliphatic rings. The van der Waals surface area contributed by atoms with Crippen LogP contribution in [0.1, 0.15) is 72.2 Å². The molecule has 1 spiro atoms. The zero-order valence-electron chi connectivity index (χ0n) is 42.9. The summed E-state index contributed by atoms with van der Waals surface area (Å²) in [6.45, 7) is 10.8. The molecule has 0 heteroatoms. The highest BCUT2D eigenvalue weighted by molar-refractivity contribution is 5.95. The molecule has 4 aliphatic carbocycles. The fourth-order valence-electron chi connectivity index (χ4n) is 16.8. The Labute approximate surface area is 441 Å². The summed E-state index contributed by atoms with van der Waals surface area (Å²) in [4.78, 5) is 0. The van der Waals surface area contributed by atoms with Crippen LogP contribution in [0, 0.1) is 5.41 Å². The number of fused-ring (bicyclic) bond motifs is 12. The lowest BCUT2D eigenvalue weighted by Gasteiger charge is -2.57. The minimum Gasteiger partial charge on any atom is -0.0622 e. The second-order valence-corrected chi connectivity index (χ2v) is 22.4. The molecule has 0 aliphatic heterocycles. The van der Waals surface area contributed by atoms with Gasteiger partial charge in [0.05, 0.1) is 0 Å². The molecule has 0 N–H and O–H groups in total. The third kappa shape index (κ3) is 5.42. The highest BCUT2D eigenvalue weighted by atomic mass is 14.9. The third-order valence-corrected chi connectivity index (χ3v) is 19.4. The van der Waals surface area contributed by atoms with Gasteiger partial charge in [-0.15, -0.1) is 0 Å². The second-order valence-electron chi connectivity index (χ2n) is 22.4. The molecular weight excluding hydrogens is 901 g/mol. The first-order valence-electron chi connectivity index (χ1n) is 26.8. The fraction of sp³-hybridized carbons (Fsp3) is 0.120. The molecule has 356 valence electrons. The molecule has 0 bridgehead atoms. The SMILES string of the molecule is C[C@]12c3cc(-c4ccccc4)c(-c4ccccc4)cc3[C@@]3(C)c4cc(-c5ccccc5)c(-c5ccccc5)cc4[C@]4(C)c5cc(-c6ccccc6)ccc5[C@@](C)(c5cc(-c6ccccc6)c(-c6ccccc6)cc51)C234. The van der Waals surface area contributed by atoms with Gasteiger partial charge in [0.25, 0.3) is 0 Å². The summed E-state index contributed by atoms with van der Waals surface area (Å²) in [5.74, 6) is 0. The second kappa shape index (κ2) is 15.7. The summed E-state index contributed by atoms with van der Waals surface area (Å²) in [6, 6.07) is 102. The Kier molecular flexibility index (Phi) is 9.21. The van der Waals surface area contributed by atoms with Crippen LogP contribution in [-0.2, 0) is 21.7 Å². The maximum Gasteiger partial charge on any atom is 0.0272 e. The average molecular weight is 957 g/mol. The van der Waals surface area contributed by atoms with Gasteiger partial charge in [-0.2, -0.15) is 0 Å². The molecule has 0 nitrogen and oxygen atoms in total. The maximum atomic E-state index is 2.69. The Bertz CT molecular complexity index is 3950. The van der Waals surface area contributed by atoms with Crippen molar-refractivity contribution >= 4 is 0 Å². The topological polar surface area (TPSA) is 0 Å². The molecular formula is C75H56. The van der Waals surface area contributed by atoms with E-state index in [-0.39, 0.29) is 0 Å². The van der Waals surface area contributed by atoms with Crippen molar-refractivity contribution in [3.05, 3.63) is 311 Å². The highest BCUT2D eigenvalue weighted by Gasteiger charge is 2.89. The van der Waals surface area contributed by atoms with Crippen LogP contribution >= 0.6 is 0 Å². The van der Waals surface area contributed by atoms with Gasteiger partial charge < -0.3 is 0 Å². The lowest BCUT2D eigenvalue weighted by Crippen LogP contribution is -2.60. The van der Waals surface area contributed by atoms with E-state index in [2.05, 4.69) is 295 Å². The maximum absolute atomic E-state index is 2.69. The molecule has 11 aromatic carbocycles. The van der Waals surface area contributed by atoms with Crippen LogP contribution in [0.3, 0.4) is 0 Å². The van der Waals surface area contributed by atoms with Gasteiger partial charge in [-0.1, -0.05) is 252 Å². The van der Waals surface area contributed by atoms with Gasteiger partial charge in [0.2, 0.25) is 0 Å². The first-order valence-corrected chi connectivity index (χ1v) is 26.8. The number of benzene rings is 11. The Morgan fingerprint density at radius 3 is 0.613 bits per heavy atom. The number of hydrogen-bond acceptors (Lipinski definition) is 0. The Morgan fingerprint density at radius 1 is 0.173 bits per heavy atom. The molecule has 75 heavy (non-hydrogen) atoms. The van der Waals surface area contributed by atoms with Gasteiger partial charge in [-0.05, 0) is 165 Å². The van der Waals surface area contributed by atoms with Gasteiger partial charge in [0, 0.05) is 27.1 Å². The number of hydrogen-bond donors (Lipinski definition) is 0. The first kappa shape index (κ1) is 44.0. The molecule has 0 saturated heterocycles. The van der Waals surface area contributed by atoms with Crippen LogP contribution in [0.25, 0.3) is 77.9 Å². The highest BCUT2D eigenvalue weighted by Crippen LogP contribution is 2.90. The zero-order chi connectivity index (χ0) is 50.3. The molecule has 0 amide bonds. The average Bonchev–Trinajstić information content (AvgIpc) is 2.74. The molecule has 0 fully saturated rings. The van der Waals surface area contributed by atoms with Gasteiger partial charge in [-0.3, -0.25) is 0 Å². The standard InChI is InChI=1S/C75H56/c1-71-63-41-40-56(49-26-12-5-13-27-49)42-64(63)72(2)67-45-59(52-32-18-8-19-33-52)60(53-34-20-9-21-35-53)46-68(67)74(4)70-48-62(55-38-24-11-25-39-55)61(54-36-22-10-23-37-54)47-69(70)73(3,75(71,72)74)66-44-58(51-30-16-7-17-31-51)57(43-65(66)71)50-28-14-6-15-29-50/h5-48H,1-4H3/t71-,72-,73+,74+,75?/m0/s1. The predicted molar refractivity (Wildman–Crippen MR) is 312 cm³/mol. The minimum absolute atomic E-state index is 0.498. The van der Waals surface area contributed by atoms with Crippen LogP contribution in [0.4, 0.5) is 0 Å². The van der Waals surface area contributed by atoms with E-state index in [1.54, 1.807) is 0 Å². The summed E-state index contributed by atoms with van der Waals surface area (Å²) in [7, 11) is 0. The lowest BCUT2D eigenvalue weighted by atomic mass is 9.43. The van der Waals surface area contributed by atoms with Crippen LogP contribution in [0.2, 0.25) is 0 Å². The quantitative estimate of drug-likeness (QED) is 0.149. The summed E-state index contributed by atoms with van der Waals surface area (Å²) in [5, 5.41) is 0. The van der Waals surface area contributed by atoms with Crippen LogP contribution in [0.5, 0.6) is 0 Å². The Morgan fingerprint density at radius 2 is 0.373 bits per heavy atom. The molecule has 0 radical (unpaired) electrons. The normalized spacial score (nSPS) is 22.9. The molecule has 0 heterocycles. The van der Waals surface area contributed by atoms with E-state index in [1.807, 2.05) is 0 Å². The zero-order valence-corrected chi connectivity index (χ0v) is 42.9. The van der Waals surface area contributed by atoms with Crippen molar-refractivity contribution in [3.63, 3.8) is 0 Å². The molecule has 0 saturated carbocycles. The molecule has 0 aromatic heterocycles. The minimum atomic E-state index is -0.530. The van der Waals surface area contributed by atoms with E-state index in [9.17, 15) is 0 Å². The monoisotopic (exact) mass is 956 g/mol. The Balaban J connectivity index is 1.17. The molecule has 11 aromatic rings. The summed E-state index contributed by atoms with van der Waals surface area (Å²) < 4.78 is 0. The smallest absolute Gasteiger partial charge is 0.0272 e. The van der Waals surface area contributed by atoms with E-state index >= 15 is 0 Å². The largest absolute Gasteiger partial charge is 0.0622 e. The van der Waals surface area contributed by atoms with E-state index in [4.69, 9.17) is 0 Å². The van der Waals surface area contributed by atoms with Gasteiger partial charge in [-0.25, -0.2) is 0 Å². The molecule has 5 atom stereocenters. The fourth-order valence-corrected chi connectivity index (χ4v) is 16.8. The predicted octanol–water partition coefficient (Wildman–Crippen LogP) is 18.9. The summed E-state index contributed by atoms with van der Waals surface area (Å²) in [6.07, 6.45) is 0.